The van der Waals surface area contributed by atoms with Crippen LogP contribution >= 0.6 is 24.2 Å². The first kappa shape index (κ1) is 31.4. The van der Waals surface area contributed by atoms with Crippen LogP contribution in [0.15, 0.2) is 61.2 Å². The van der Waals surface area contributed by atoms with Crippen molar-refractivity contribution < 1.29 is 0 Å². The molecule has 0 saturated heterocycles. The number of benzene rings is 2. The molecule has 0 unspecified atom stereocenters. The van der Waals surface area contributed by atoms with Crippen LogP contribution in [0.3, 0.4) is 0 Å². The number of nitrogens with zero attached hydrogens (tertiary/aromatic N) is 4. The maximum absolute atomic E-state index is 2.71. The minimum absolute atomic E-state index is 0.162. The van der Waals surface area contributed by atoms with Gasteiger partial charge >= 0.3 is 6.70 Å². The van der Waals surface area contributed by atoms with Crippen molar-refractivity contribution in [1.29, 1.82) is 0 Å². The Morgan fingerprint density at radius 3 is 1.07 bits per heavy atom. The third kappa shape index (κ3) is 5.86. The Labute approximate surface area is 249 Å². The van der Waals surface area contributed by atoms with Crippen LogP contribution in [0.1, 0.15) is 101 Å². The Balaban J connectivity index is 2.03. The fourth-order valence-corrected chi connectivity index (χ4v) is 12.5. The topological polar surface area (TPSA) is 13.0 Å². The van der Waals surface area contributed by atoms with Gasteiger partial charge in [-0.1, -0.05) is 91.8 Å². The first-order valence-electron chi connectivity index (χ1n) is 14.8. The molecule has 2 aromatic carbocycles. The second-order valence-electron chi connectivity index (χ2n) is 12.6. The van der Waals surface area contributed by atoms with E-state index in [4.69, 9.17) is 0 Å². The summed E-state index contributed by atoms with van der Waals surface area (Å²) in [6.07, 6.45) is 9.59. The van der Waals surface area contributed by atoms with E-state index in [0.29, 0.717) is 23.7 Å². The lowest BCUT2D eigenvalue weighted by Gasteiger charge is -2.45. The number of hydrogen-bond acceptors (Lipinski definition) is 4. The molecule has 0 atom stereocenters. The maximum Gasteiger partial charge on any atom is 0.458 e. The molecule has 8 heteroatoms. The quantitative estimate of drug-likeness (QED) is 0.212. The van der Waals surface area contributed by atoms with Gasteiger partial charge in [-0.3, -0.25) is 0 Å². The smallest absolute Gasteiger partial charge is 0.364 e. The summed E-state index contributed by atoms with van der Waals surface area (Å²) in [5.41, 5.74) is 8.58. The summed E-state index contributed by atoms with van der Waals surface area (Å²) in [5.74, 6) is 1.77. The van der Waals surface area contributed by atoms with Crippen molar-refractivity contribution in [3.63, 3.8) is 0 Å². The maximum atomic E-state index is 2.71. The van der Waals surface area contributed by atoms with E-state index in [1.807, 2.05) is 0 Å². The van der Waals surface area contributed by atoms with E-state index >= 15 is 0 Å². The highest BCUT2D eigenvalue weighted by atomic mass is 31.2. The Morgan fingerprint density at radius 1 is 0.525 bits per heavy atom. The van der Waals surface area contributed by atoms with Crippen LogP contribution in [0.2, 0.25) is 0 Å². The molecule has 40 heavy (non-hydrogen) atoms. The molecule has 2 aliphatic rings. The SMILES string of the molecule is CC(C)c1cccc(C(C)C)c1N1C=CN(c2c(C(C)C)cccc2C(C)C)B1P1N(P(C)C)C=CN1P(C)C. The molecule has 0 aliphatic carbocycles. The number of hydrogen-bond donors (Lipinski definition) is 0. The Bertz CT molecular complexity index is 1100. The lowest BCUT2D eigenvalue weighted by molar-refractivity contribution is 0.831. The van der Waals surface area contributed by atoms with Crippen LogP contribution in [0.5, 0.6) is 0 Å². The van der Waals surface area contributed by atoms with Crippen molar-refractivity contribution in [2.24, 2.45) is 0 Å². The zero-order chi connectivity index (χ0) is 29.5. The van der Waals surface area contributed by atoms with E-state index in [2.05, 4.69) is 162 Å². The second-order valence-corrected chi connectivity index (χ2v) is 19.4. The molecule has 0 aromatic heterocycles. The molecule has 0 saturated carbocycles. The summed E-state index contributed by atoms with van der Waals surface area (Å²) in [6, 6.07) is 14.0. The molecule has 2 aliphatic heterocycles. The van der Waals surface area contributed by atoms with Crippen LogP contribution in [0.4, 0.5) is 11.4 Å². The second kappa shape index (κ2) is 12.8. The summed E-state index contributed by atoms with van der Waals surface area (Å²) in [4.78, 5) is 5.34. The van der Waals surface area contributed by atoms with E-state index in [1.165, 1.54) is 33.6 Å². The van der Waals surface area contributed by atoms with Crippen molar-refractivity contribution in [2.75, 3.05) is 36.3 Å². The summed E-state index contributed by atoms with van der Waals surface area (Å²) in [6.45, 7) is 28.5. The fraction of sp³-hybridized carbons (Fsp3) is 0.500. The van der Waals surface area contributed by atoms with E-state index in [0.717, 1.165) is 0 Å². The minimum atomic E-state index is -0.702. The molecule has 4 nitrogen and oxygen atoms in total. The van der Waals surface area contributed by atoms with E-state index in [9.17, 15) is 0 Å². The zero-order valence-corrected chi connectivity index (χ0v) is 29.5. The molecule has 0 spiro atoms. The number of rotatable bonds is 9. The van der Waals surface area contributed by atoms with Crippen molar-refractivity contribution >= 4 is 42.3 Å². The van der Waals surface area contributed by atoms with Gasteiger partial charge in [0.05, 0.1) is 0 Å². The predicted octanol–water partition coefficient (Wildman–Crippen LogP) is 10.7. The molecular formula is C32H50BN4P3. The lowest BCUT2D eigenvalue weighted by atomic mass is 9.87. The van der Waals surface area contributed by atoms with Gasteiger partial charge in [0, 0.05) is 36.2 Å². The van der Waals surface area contributed by atoms with Gasteiger partial charge in [0.25, 0.3) is 0 Å². The van der Waals surface area contributed by atoms with Gasteiger partial charge in [-0.05, 0) is 88.7 Å². The fourth-order valence-electron chi connectivity index (χ4n) is 5.85. The van der Waals surface area contributed by atoms with Crippen molar-refractivity contribution in [1.82, 2.24) is 8.88 Å². The first-order chi connectivity index (χ1) is 18.9. The van der Waals surface area contributed by atoms with Crippen LogP contribution < -0.4 is 9.62 Å². The average molecular weight is 595 g/mol. The third-order valence-corrected chi connectivity index (χ3v) is 15.0. The van der Waals surface area contributed by atoms with Crippen molar-refractivity contribution in [2.45, 2.75) is 79.1 Å². The van der Waals surface area contributed by atoms with Crippen LogP contribution in [0, 0.1) is 0 Å². The molecule has 4 rings (SSSR count). The highest BCUT2D eigenvalue weighted by Crippen LogP contribution is 2.68. The lowest BCUT2D eigenvalue weighted by Crippen LogP contribution is -2.47. The van der Waals surface area contributed by atoms with Crippen LogP contribution in [0.25, 0.3) is 0 Å². The van der Waals surface area contributed by atoms with E-state index < -0.39 is 8.10 Å². The third-order valence-electron chi connectivity index (χ3n) is 7.87. The van der Waals surface area contributed by atoms with Gasteiger partial charge in [-0.15, -0.1) is 0 Å². The van der Waals surface area contributed by atoms with Gasteiger partial charge in [0.15, 0.2) is 0 Å². The van der Waals surface area contributed by atoms with Gasteiger partial charge in [0.2, 0.25) is 0 Å². The monoisotopic (exact) mass is 594 g/mol. The van der Waals surface area contributed by atoms with E-state index in [1.54, 1.807) is 0 Å². The van der Waals surface area contributed by atoms with Gasteiger partial charge in [0.1, 0.15) is 8.10 Å². The Hall–Kier alpha value is -1.53. The normalized spacial score (nSPS) is 16.3. The average Bonchev–Trinajstić information content (AvgIpc) is 3.51. The molecular weight excluding hydrogens is 544 g/mol. The largest absolute Gasteiger partial charge is 0.458 e. The molecule has 216 valence electrons. The molecule has 0 fully saturated rings. The molecule has 2 aromatic rings. The van der Waals surface area contributed by atoms with Gasteiger partial charge in [-0.2, -0.15) is 0 Å². The molecule has 2 heterocycles. The predicted molar refractivity (Wildman–Crippen MR) is 186 cm³/mol. The molecule has 0 bridgehead atoms. The van der Waals surface area contributed by atoms with Crippen molar-refractivity contribution in [3.05, 3.63) is 83.5 Å². The number of para-hydroxylation sites is 2. The Morgan fingerprint density at radius 2 is 0.825 bits per heavy atom. The van der Waals surface area contributed by atoms with Crippen molar-refractivity contribution in [3.8, 4) is 0 Å². The summed E-state index contributed by atoms with van der Waals surface area (Å²) in [5, 5.41) is 0. The van der Waals surface area contributed by atoms with Crippen LogP contribution in [-0.2, 0) is 0 Å². The zero-order valence-electron chi connectivity index (χ0n) is 26.8. The molecule has 0 N–H and O–H groups in total. The summed E-state index contributed by atoms with van der Waals surface area (Å²) in [7, 11) is -1.31. The highest BCUT2D eigenvalue weighted by molar-refractivity contribution is 7.96. The van der Waals surface area contributed by atoms with Crippen LogP contribution in [-0.4, -0.2) is 42.2 Å². The summed E-state index contributed by atoms with van der Waals surface area (Å²) >= 11 is 0. The standard InChI is InChI=1S/C32H50BN4P3/c1-23(2)27-15-13-16-28(24(3)4)31(27)34-19-20-35(32-29(25(5)6)17-14-18-30(32)26(7)8)33(34)40-36(38(9)10)21-22-37(40)39(11)12/h13-26H,1-12H3. The molecule has 0 radical (unpaired) electrons. The first-order valence-corrected chi connectivity index (χ1v) is 20.5. The van der Waals surface area contributed by atoms with E-state index in [-0.39, 0.29) is 22.8 Å². The highest BCUT2D eigenvalue weighted by Gasteiger charge is 2.51. The molecule has 0 amide bonds. The van der Waals surface area contributed by atoms with Gasteiger partial charge in [-0.25, -0.2) is 0 Å². The minimum Gasteiger partial charge on any atom is -0.364 e. The van der Waals surface area contributed by atoms with Gasteiger partial charge < -0.3 is 18.5 Å². The number of anilines is 2. The summed E-state index contributed by atoms with van der Waals surface area (Å²) < 4.78 is 5.43. The Kier molecular flexibility index (Phi) is 10.0.